The molecule has 0 saturated carbocycles. The molecular formula is C26H25Cl2N5O3. The van der Waals surface area contributed by atoms with Crippen molar-refractivity contribution in [3.63, 3.8) is 0 Å². The van der Waals surface area contributed by atoms with Gasteiger partial charge in [0.05, 0.1) is 27.5 Å². The SMILES string of the molecule is C=CC(=O)Cc1ccc(CN2CC[C@@H](NC(=O)c3[nH]ncc3NC(=O)c3c(Cl)cccc3Cl)C2)cc1. The number of nitrogens with one attached hydrogen (secondary N) is 3. The van der Waals surface area contributed by atoms with Crippen molar-refractivity contribution < 1.29 is 14.4 Å². The molecule has 1 aliphatic rings. The maximum absolute atomic E-state index is 12.9. The smallest absolute Gasteiger partial charge is 0.271 e. The Morgan fingerprint density at radius 1 is 1.08 bits per heavy atom. The van der Waals surface area contributed by atoms with Gasteiger partial charge in [-0.1, -0.05) is 60.1 Å². The number of amides is 2. The molecule has 10 heteroatoms. The molecule has 0 radical (unpaired) electrons. The Labute approximate surface area is 218 Å². The number of benzene rings is 2. The number of H-pyrrole nitrogens is 1. The minimum Gasteiger partial charge on any atom is -0.347 e. The number of ketones is 1. The van der Waals surface area contributed by atoms with Gasteiger partial charge in [-0.2, -0.15) is 5.10 Å². The number of hydrogen-bond donors (Lipinski definition) is 3. The van der Waals surface area contributed by atoms with E-state index in [-0.39, 0.29) is 44.7 Å². The molecule has 2 amide bonds. The maximum Gasteiger partial charge on any atom is 0.271 e. The molecule has 1 aromatic heterocycles. The highest BCUT2D eigenvalue weighted by atomic mass is 35.5. The van der Waals surface area contributed by atoms with Crippen molar-refractivity contribution >= 4 is 46.5 Å². The van der Waals surface area contributed by atoms with E-state index < -0.39 is 5.91 Å². The van der Waals surface area contributed by atoms with E-state index in [1.165, 1.54) is 12.3 Å². The van der Waals surface area contributed by atoms with Gasteiger partial charge in [0, 0.05) is 32.1 Å². The number of allylic oxidation sites excluding steroid dienone is 1. The van der Waals surface area contributed by atoms with E-state index in [1.807, 2.05) is 24.3 Å². The van der Waals surface area contributed by atoms with Crippen LogP contribution in [0, 0.1) is 0 Å². The fourth-order valence-corrected chi connectivity index (χ4v) is 4.67. The third-order valence-corrected chi connectivity index (χ3v) is 6.58. The molecule has 186 valence electrons. The average molecular weight is 526 g/mol. The summed E-state index contributed by atoms with van der Waals surface area (Å²) in [6, 6.07) is 12.7. The van der Waals surface area contributed by atoms with Crippen LogP contribution < -0.4 is 10.6 Å². The van der Waals surface area contributed by atoms with Gasteiger partial charge in [-0.25, -0.2) is 0 Å². The molecule has 0 bridgehead atoms. The summed E-state index contributed by atoms with van der Waals surface area (Å²) in [4.78, 5) is 39.4. The Hall–Kier alpha value is -3.46. The Bertz CT molecular complexity index is 1270. The highest BCUT2D eigenvalue weighted by Crippen LogP contribution is 2.26. The first-order chi connectivity index (χ1) is 17.3. The van der Waals surface area contributed by atoms with Gasteiger partial charge >= 0.3 is 0 Å². The third kappa shape index (κ3) is 6.20. The molecule has 0 unspecified atom stereocenters. The van der Waals surface area contributed by atoms with Crippen LogP contribution in [0.2, 0.25) is 10.0 Å². The highest BCUT2D eigenvalue weighted by Gasteiger charge is 2.26. The lowest BCUT2D eigenvalue weighted by molar-refractivity contribution is -0.114. The van der Waals surface area contributed by atoms with Crippen molar-refractivity contribution in [2.75, 3.05) is 18.4 Å². The molecule has 0 spiro atoms. The van der Waals surface area contributed by atoms with E-state index in [9.17, 15) is 14.4 Å². The number of halogens is 2. The highest BCUT2D eigenvalue weighted by molar-refractivity contribution is 6.40. The van der Waals surface area contributed by atoms with E-state index >= 15 is 0 Å². The van der Waals surface area contributed by atoms with Crippen LogP contribution in [0.25, 0.3) is 0 Å². The third-order valence-electron chi connectivity index (χ3n) is 5.95. The van der Waals surface area contributed by atoms with Gasteiger partial charge in [0.1, 0.15) is 5.69 Å². The van der Waals surface area contributed by atoms with Crippen molar-refractivity contribution in [1.82, 2.24) is 20.4 Å². The number of rotatable bonds is 9. The molecule has 8 nitrogen and oxygen atoms in total. The number of aromatic nitrogens is 2. The molecule has 2 aromatic carbocycles. The Morgan fingerprint density at radius 3 is 2.47 bits per heavy atom. The van der Waals surface area contributed by atoms with Crippen LogP contribution in [-0.4, -0.2) is 51.8 Å². The molecule has 1 atom stereocenters. The van der Waals surface area contributed by atoms with Gasteiger partial charge in [0.15, 0.2) is 5.78 Å². The van der Waals surface area contributed by atoms with Gasteiger partial charge < -0.3 is 10.6 Å². The quantitative estimate of drug-likeness (QED) is 0.361. The number of aromatic amines is 1. The van der Waals surface area contributed by atoms with Gasteiger partial charge in [-0.05, 0) is 35.8 Å². The van der Waals surface area contributed by atoms with Crippen molar-refractivity contribution in [2.24, 2.45) is 0 Å². The summed E-state index contributed by atoms with van der Waals surface area (Å²) in [6.45, 7) is 5.77. The second-order valence-corrected chi connectivity index (χ2v) is 9.38. The second kappa shape index (κ2) is 11.5. The largest absolute Gasteiger partial charge is 0.347 e. The van der Waals surface area contributed by atoms with Crippen LogP contribution in [0.4, 0.5) is 5.69 Å². The summed E-state index contributed by atoms with van der Waals surface area (Å²) >= 11 is 12.2. The molecule has 36 heavy (non-hydrogen) atoms. The summed E-state index contributed by atoms with van der Waals surface area (Å²) in [5.41, 5.74) is 2.59. The first-order valence-corrected chi connectivity index (χ1v) is 12.1. The van der Waals surface area contributed by atoms with Crippen LogP contribution >= 0.6 is 23.2 Å². The summed E-state index contributed by atoms with van der Waals surface area (Å²) < 4.78 is 0. The number of carbonyl (C=O) groups excluding carboxylic acids is 3. The molecule has 0 aliphatic carbocycles. The minimum atomic E-state index is -0.534. The van der Waals surface area contributed by atoms with Crippen molar-refractivity contribution in [2.45, 2.75) is 25.4 Å². The molecule has 3 N–H and O–H groups in total. The van der Waals surface area contributed by atoms with Crippen LogP contribution in [0.1, 0.15) is 38.4 Å². The summed E-state index contributed by atoms with van der Waals surface area (Å²) in [5, 5.41) is 12.6. The first kappa shape index (κ1) is 25.6. The predicted octanol–water partition coefficient (Wildman–Crippen LogP) is 4.27. The van der Waals surface area contributed by atoms with Crippen molar-refractivity contribution in [3.8, 4) is 0 Å². The van der Waals surface area contributed by atoms with E-state index in [0.29, 0.717) is 13.0 Å². The molecule has 1 aliphatic heterocycles. The topological polar surface area (TPSA) is 107 Å². The van der Waals surface area contributed by atoms with Gasteiger partial charge in [0.2, 0.25) is 0 Å². The van der Waals surface area contributed by atoms with Crippen LogP contribution in [0.5, 0.6) is 0 Å². The standard InChI is InChI=1S/C26H25Cl2N5O3/c1-2-19(34)12-16-6-8-17(9-7-16)14-33-11-10-18(15-33)30-26(36)24-22(13-29-32-24)31-25(35)23-20(27)4-3-5-21(23)28/h2-9,13,18H,1,10-12,14-15H2,(H,29,32)(H,30,36)(H,31,35)/t18-/m1/s1. The molecular weight excluding hydrogens is 501 g/mol. The summed E-state index contributed by atoms with van der Waals surface area (Å²) in [5.74, 6) is -0.905. The lowest BCUT2D eigenvalue weighted by Crippen LogP contribution is -2.37. The lowest BCUT2D eigenvalue weighted by atomic mass is 10.1. The van der Waals surface area contributed by atoms with Crippen LogP contribution in [0.3, 0.4) is 0 Å². The number of carbonyl (C=O) groups is 3. The number of hydrogen-bond acceptors (Lipinski definition) is 5. The van der Waals surface area contributed by atoms with E-state index in [2.05, 4.69) is 32.3 Å². The van der Waals surface area contributed by atoms with Gasteiger partial charge in [0.25, 0.3) is 11.8 Å². The van der Waals surface area contributed by atoms with E-state index in [0.717, 1.165) is 30.6 Å². The Kier molecular flexibility index (Phi) is 8.20. The summed E-state index contributed by atoms with van der Waals surface area (Å²) in [6.07, 6.45) is 3.85. The van der Waals surface area contributed by atoms with Gasteiger partial charge in [-0.15, -0.1) is 0 Å². The zero-order valence-electron chi connectivity index (χ0n) is 19.4. The Morgan fingerprint density at radius 2 is 1.78 bits per heavy atom. The van der Waals surface area contributed by atoms with E-state index in [1.54, 1.807) is 18.2 Å². The second-order valence-electron chi connectivity index (χ2n) is 8.57. The molecule has 1 fully saturated rings. The number of nitrogens with zero attached hydrogens (tertiary/aromatic N) is 2. The average Bonchev–Trinajstić information content (AvgIpc) is 3.49. The molecule has 2 heterocycles. The zero-order valence-corrected chi connectivity index (χ0v) is 20.9. The molecule has 3 aromatic rings. The maximum atomic E-state index is 12.9. The van der Waals surface area contributed by atoms with Crippen LogP contribution in [0.15, 0.2) is 61.3 Å². The minimum absolute atomic E-state index is 0.00599. The fraction of sp³-hybridized carbons (Fsp3) is 0.231. The Balaban J connectivity index is 1.32. The van der Waals surface area contributed by atoms with Crippen LogP contribution in [-0.2, 0) is 17.8 Å². The predicted molar refractivity (Wildman–Crippen MR) is 140 cm³/mol. The summed E-state index contributed by atoms with van der Waals surface area (Å²) in [7, 11) is 0. The number of anilines is 1. The van der Waals surface area contributed by atoms with E-state index in [4.69, 9.17) is 23.2 Å². The van der Waals surface area contributed by atoms with Gasteiger partial charge in [-0.3, -0.25) is 24.4 Å². The fourth-order valence-electron chi connectivity index (χ4n) is 4.10. The molecule has 4 rings (SSSR count). The zero-order chi connectivity index (χ0) is 25.7. The first-order valence-electron chi connectivity index (χ1n) is 11.4. The molecule has 1 saturated heterocycles. The number of likely N-dealkylation sites (tertiary alicyclic amines) is 1. The lowest BCUT2D eigenvalue weighted by Gasteiger charge is -2.17. The van der Waals surface area contributed by atoms with Crippen molar-refractivity contribution in [1.29, 1.82) is 0 Å². The normalized spacial score (nSPS) is 15.4. The monoisotopic (exact) mass is 525 g/mol. The van der Waals surface area contributed by atoms with Crippen molar-refractivity contribution in [3.05, 3.63) is 93.7 Å².